The predicted molar refractivity (Wildman–Crippen MR) is 61.9 cm³/mol. The van der Waals surface area contributed by atoms with E-state index in [1.54, 1.807) is 0 Å². The molecule has 0 bridgehead atoms. The van der Waals surface area contributed by atoms with Crippen molar-refractivity contribution < 1.29 is 0 Å². The van der Waals surface area contributed by atoms with Crippen LogP contribution in [0.5, 0.6) is 0 Å². The first kappa shape index (κ1) is 13.4. The van der Waals surface area contributed by atoms with Gasteiger partial charge in [0.2, 0.25) is 0 Å². The van der Waals surface area contributed by atoms with Crippen molar-refractivity contribution in [1.82, 2.24) is 11.6 Å². The maximum absolute atomic E-state index is 2.46. The van der Waals surface area contributed by atoms with E-state index in [0.29, 0.717) is 0 Å². The molecule has 80 valence electrons. The van der Waals surface area contributed by atoms with Crippen LogP contribution in [0.3, 0.4) is 0 Å². The van der Waals surface area contributed by atoms with Gasteiger partial charge in [0.05, 0.1) is 0 Å². The Labute approximate surface area is 86.7 Å². The van der Waals surface area contributed by atoms with Gasteiger partial charge in [-0.3, -0.25) is 0 Å². The second-order valence-electron chi connectivity index (χ2n) is 4.21. The Balaban J connectivity index is 4.82. The van der Waals surface area contributed by atoms with Crippen LogP contribution in [-0.2, 0) is 0 Å². The van der Waals surface area contributed by atoms with Gasteiger partial charge in [0.15, 0.2) is 0 Å². The molecule has 0 aliphatic rings. The summed E-state index contributed by atoms with van der Waals surface area (Å²) in [5.74, 6) is 0. The molecule has 13 heavy (non-hydrogen) atoms. The van der Waals surface area contributed by atoms with Crippen molar-refractivity contribution in [3.8, 4) is 0 Å². The van der Waals surface area contributed by atoms with E-state index in [1.165, 1.54) is 11.7 Å². The van der Waals surface area contributed by atoms with Gasteiger partial charge in [0, 0.05) is 0 Å². The standard InChI is InChI=1S/C9H25GeN3/c1-8-9-10(11(2)3,12(4)5)13(6)7/h8-9H2,1-7H3. The van der Waals surface area contributed by atoms with E-state index in [0.717, 1.165) is 0 Å². The molecule has 0 unspecified atom stereocenters. The van der Waals surface area contributed by atoms with Gasteiger partial charge in [-0.1, -0.05) is 0 Å². The minimum absolute atomic E-state index is 1.27. The second kappa shape index (κ2) is 5.34. The molecule has 0 radical (unpaired) electrons. The molecular weight excluding hydrogens is 223 g/mol. The fraction of sp³-hybridized carbons (Fsp3) is 1.00. The number of hydrogen-bond acceptors (Lipinski definition) is 3. The minimum atomic E-state index is -2.08. The molecule has 0 saturated carbocycles. The van der Waals surface area contributed by atoms with Gasteiger partial charge < -0.3 is 0 Å². The van der Waals surface area contributed by atoms with Crippen LogP contribution in [0.4, 0.5) is 0 Å². The van der Waals surface area contributed by atoms with Crippen LogP contribution >= 0.6 is 0 Å². The molecule has 0 amide bonds. The molecule has 0 saturated heterocycles. The van der Waals surface area contributed by atoms with Gasteiger partial charge in [-0.2, -0.15) is 0 Å². The van der Waals surface area contributed by atoms with E-state index >= 15 is 0 Å². The SMILES string of the molecule is CC[CH2][Ge]([N](C)C)([N](C)C)[N](C)C. The number of hydrogen-bond donors (Lipinski definition) is 0. The van der Waals surface area contributed by atoms with Crippen molar-refractivity contribution in [3.63, 3.8) is 0 Å². The Kier molecular flexibility index (Phi) is 5.51. The summed E-state index contributed by atoms with van der Waals surface area (Å²) in [5.41, 5.74) is 0. The van der Waals surface area contributed by atoms with Crippen LogP contribution in [0.25, 0.3) is 0 Å². The average molecular weight is 248 g/mol. The van der Waals surface area contributed by atoms with Crippen LogP contribution in [0.15, 0.2) is 0 Å². The third-order valence-corrected chi connectivity index (χ3v) is 14.2. The fourth-order valence-electron chi connectivity index (χ4n) is 2.21. The molecule has 0 heterocycles. The number of rotatable bonds is 5. The Morgan fingerprint density at radius 3 is 1.15 bits per heavy atom. The van der Waals surface area contributed by atoms with E-state index < -0.39 is 13.9 Å². The van der Waals surface area contributed by atoms with Gasteiger partial charge in [0.25, 0.3) is 0 Å². The summed E-state index contributed by atoms with van der Waals surface area (Å²) >= 11 is -2.08. The van der Waals surface area contributed by atoms with Gasteiger partial charge >= 0.3 is 86.4 Å². The molecule has 4 heteroatoms. The number of nitrogens with zero attached hydrogens (tertiary/aromatic N) is 3. The van der Waals surface area contributed by atoms with Crippen molar-refractivity contribution in [2.45, 2.75) is 18.6 Å². The first-order valence-electron chi connectivity index (χ1n) is 4.91. The zero-order valence-electron chi connectivity index (χ0n) is 10.3. The van der Waals surface area contributed by atoms with Crippen molar-refractivity contribution in [2.24, 2.45) is 0 Å². The summed E-state index contributed by atoms with van der Waals surface area (Å²) in [6, 6.07) is 0. The molecule has 0 atom stereocenters. The average Bonchev–Trinajstić information content (AvgIpc) is 1.97. The molecule has 0 spiro atoms. The van der Waals surface area contributed by atoms with Gasteiger partial charge in [0.1, 0.15) is 0 Å². The molecule has 0 aromatic carbocycles. The summed E-state index contributed by atoms with van der Waals surface area (Å²) in [6.07, 6.45) is 1.27. The zero-order valence-corrected chi connectivity index (χ0v) is 12.4. The van der Waals surface area contributed by atoms with Crippen LogP contribution in [0.2, 0.25) is 5.25 Å². The van der Waals surface area contributed by atoms with Crippen LogP contribution in [0, 0.1) is 0 Å². The summed E-state index contributed by atoms with van der Waals surface area (Å²) in [4.78, 5) is 0. The molecule has 0 rings (SSSR count). The van der Waals surface area contributed by atoms with Crippen LogP contribution in [-0.4, -0.2) is 67.8 Å². The van der Waals surface area contributed by atoms with E-state index in [1.807, 2.05) is 0 Å². The third-order valence-electron chi connectivity index (χ3n) is 2.73. The van der Waals surface area contributed by atoms with Crippen molar-refractivity contribution in [2.75, 3.05) is 42.3 Å². The van der Waals surface area contributed by atoms with Crippen LogP contribution < -0.4 is 0 Å². The van der Waals surface area contributed by atoms with E-state index in [9.17, 15) is 0 Å². The Hall–Kier alpha value is 0.423. The second-order valence-corrected chi connectivity index (χ2v) is 14.1. The molecular formula is C9H25GeN3. The van der Waals surface area contributed by atoms with E-state index in [4.69, 9.17) is 0 Å². The predicted octanol–water partition coefficient (Wildman–Crippen LogP) is 1.02. The Bertz CT molecular complexity index is 124. The maximum atomic E-state index is 2.46. The normalized spacial score (nSPS) is 13.4. The topological polar surface area (TPSA) is 9.72 Å². The molecule has 0 aromatic heterocycles. The molecule has 0 aliphatic carbocycles. The molecule has 0 aliphatic heterocycles. The van der Waals surface area contributed by atoms with Crippen LogP contribution in [0.1, 0.15) is 13.3 Å². The van der Waals surface area contributed by atoms with E-state index in [2.05, 4.69) is 60.8 Å². The summed E-state index contributed by atoms with van der Waals surface area (Å²) in [6.45, 7) is 2.27. The van der Waals surface area contributed by atoms with Crippen molar-refractivity contribution in [3.05, 3.63) is 0 Å². The molecule has 0 aromatic rings. The molecule has 3 nitrogen and oxygen atoms in total. The molecule has 0 N–H and O–H groups in total. The summed E-state index contributed by atoms with van der Waals surface area (Å²) in [5, 5.41) is 1.34. The van der Waals surface area contributed by atoms with Crippen molar-refractivity contribution >= 4 is 13.9 Å². The first-order valence-corrected chi connectivity index (χ1v) is 9.21. The summed E-state index contributed by atoms with van der Waals surface area (Å²) < 4.78 is 7.39. The van der Waals surface area contributed by atoms with Gasteiger partial charge in [-0.15, -0.1) is 0 Å². The van der Waals surface area contributed by atoms with E-state index in [-0.39, 0.29) is 0 Å². The Morgan fingerprint density at radius 2 is 1.08 bits per heavy atom. The first-order chi connectivity index (χ1) is 5.89. The zero-order chi connectivity index (χ0) is 10.6. The third kappa shape index (κ3) is 2.68. The van der Waals surface area contributed by atoms with Gasteiger partial charge in [-0.25, -0.2) is 0 Å². The molecule has 0 fully saturated rings. The quantitative estimate of drug-likeness (QED) is 0.672. The van der Waals surface area contributed by atoms with Gasteiger partial charge in [-0.05, 0) is 0 Å². The Morgan fingerprint density at radius 1 is 0.769 bits per heavy atom. The summed E-state index contributed by atoms with van der Waals surface area (Å²) in [7, 11) is 13.3. The monoisotopic (exact) mass is 249 g/mol. The van der Waals surface area contributed by atoms with Crippen molar-refractivity contribution in [1.29, 1.82) is 0 Å². The fourth-order valence-corrected chi connectivity index (χ4v) is 11.5.